The fourth-order valence-corrected chi connectivity index (χ4v) is 2.86. The van der Waals surface area contributed by atoms with Crippen molar-refractivity contribution in [3.63, 3.8) is 0 Å². The average Bonchev–Trinajstić information content (AvgIpc) is 3.18. The summed E-state index contributed by atoms with van der Waals surface area (Å²) in [5.74, 6) is 0.722. The van der Waals surface area contributed by atoms with Crippen molar-refractivity contribution in [3.05, 3.63) is 66.7 Å². The zero-order chi connectivity index (χ0) is 20.9. The van der Waals surface area contributed by atoms with Gasteiger partial charge in [0.1, 0.15) is 19.5 Å². The highest BCUT2D eigenvalue weighted by Crippen LogP contribution is 2.36. The highest BCUT2D eigenvalue weighted by molar-refractivity contribution is 5.87. The zero-order valence-electron chi connectivity index (χ0n) is 16.1. The summed E-state index contributed by atoms with van der Waals surface area (Å²) in [6, 6.07) is 13.3. The third kappa shape index (κ3) is 4.30. The molecule has 0 saturated carbocycles. The standard InChI is InChI=1S/C21H18N4O5/c1-28-18-7-16-17(8-19(18)29-12-14-5-3-2-4-6-14)22-13-23-21(16)30-15-9-24-25(10-15)11-20(26)27/h2-10,13H,11-12H2,1H3,(H,26,27). The number of aliphatic carboxylic acids is 1. The summed E-state index contributed by atoms with van der Waals surface area (Å²) in [7, 11) is 1.55. The molecule has 0 saturated heterocycles. The van der Waals surface area contributed by atoms with E-state index in [2.05, 4.69) is 15.1 Å². The Balaban J connectivity index is 1.61. The maximum atomic E-state index is 10.8. The van der Waals surface area contributed by atoms with Crippen molar-refractivity contribution >= 4 is 16.9 Å². The van der Waals surface area contributed by atoms with E-state index in [4.69, 9.17) is 19.3 Å². The predicted molar refractivity (Wildman–Crippen MR) is 107 cm³/mol. The topological polar surface area (TPSA) is 109 Å². The van der Waals surface area contributed by atoms with Gasteiger partial charge in [0.05, 0.1) is 30.4 Å². The number of nitrogens with zero attached hydrogens (tertiary/aromatic N) is 4. The lowest BCUT2D eigenvalue weighted by atomic mass is 10.2. The fourth-order valence-electron chi connectivity index (χ4n) is 2.86. The van der Waals surface area contributed by atoms with Gasteiger partial charge >= 0.3 is 5.97 Å². The van der Waals surface area contributed by atoms with Crippen LogP contribution in [0.25, 0.3) is 10.9 Å². The molecule has 2 aromatic carbocycles. The fraction of sp³-hybridized carbons (Fsp3) is 0.143. The number of fused-ring (bicyclic) bond motifs is 1. The Hall–Kier alpha value is -4.14. The minimum Gasteiger partial charge on any atom is -0.493 e. The van der Waals surface area contributed by atoms with E-state index < -0.39 is 5.97 Å². The van der Waals surface area contributed by atoms with Gasteiger partial charge in [-0.05, 0) is 11.6 Å². The molecule has 9 heteroatoms. The first-order valence-corrected chi connectivity index (χ1v) is 9.04. The lowest BCUT2D eigenvalue weighted by Crippen LogP contribution is -2.08. The van der Waals surface area contributed by atoms with E-state index in [-0.39, 0.29) is 6.54 Å². The second kappa shape index (κ2) is 8.48. The molecule has 30 heavy (non-hydrogen) atoms. The van der Waals surface area contributed by atoms with Crippen molar-refractivity contribution in [3.8, 4) is 23.1 Å². The number of carboxylic acid groups (broad SMARTS) is 1. The van der Waals surface area contributed by atoms with Crippen LogP contribution in [0.4, 0.5) is 0 Å². The van der Waals surface area contributed by atoms with Gasteiger partial charge in [0.25, 0.3) is 0 Å². The van der Waals surface area contributed by atoms with E-state index in [9.17, 15) is 4.79 Å². The Labute approximate surface area is 171 Å². The largest absolute Gasteiger partial charge is 0.493 e. The summed E-state index contributed by atoms with van der Waals surface area (Å²) < 4.78 is 18.5. The van der Waals surface area contributed by atoms with Crippen LogP contribution in [0.2, 0.25) is 0 Å². The normalized spacial score (nSPS) is 10.7. The second-order valence-corrected chi connectivity index (χ2v) is 6.34. The minimum atomic E-state index is -0.995. The van der Waals surface area contributed by atoms with E-state index in [0.29, 0.717) is 40.6 Å². The zero-order valence-corrected chi connectivity index (χ0v) is 16.1. The summed E-state index contributed by atoms with van der Waals surface area (Å²) in [6.45, 7) is 0.129. The second-order valence-electron chi connectivity index (χ2n) is 6.34. The summed E-state index contributed by atoms with van der Waals surface area (Å²) in [4.78, 5) is 19.3. The number of rotatable bonds is 8. The molecular formula is C21H18N4O5. The quantitative estimate of drug-likeness (QED) is 0.475. The van der Waals surface area contributed by atoms with E-state index in [1.165, 1.54) is 23.4 Å². The van der Waals surface area contributed by atoms with E-state index in [0.717, 1.165) is 5.56 Å². The molecule has 9 nitrogen and oxygen atoms in total. The molecule has 0 bridgehead atoms. The lowest BCUT2D eigenvalue weighted by molar-refractivity contribution is -0.137. The Morgan fingerprint density at radius 1 is 1.13 bits per heavy atom. The number of aromatic nitrogens is 4. The third-order valence-corrected chi connectivity index (χ3v) is 4.24. The monoisotopic (exact) mass is 406 g/mol. The molecule has 0 amide bonds. The van der Waals surface area contributed by atoms with Crippen LogP contribution in [0.1, 0.15) is 5.56 Å². The van der Waals surface area contributed by atoms with Gasteiger partial charge < -0.3 is 19.3 Å². The van der Waals surface area contributed by atoms with Crippen LogP contribution in [-0.2, 0) is 17.9 Å². The Kier molecular flexibility index (Phi) is 5.42. The van der Waals surface area contributed by atoms with Gasteiger partial charge in [-0.2, -0.15) is 5.10 Å². The molecule has 0 fully saturated rings. The van der Waals surface area contributed by atoms with Gasteiger partial charge in [-0.1, -0.05) is 30.3 Å². The average molecular weight is 406 g/mol. The molecule has 0 atom stereocenters. The van der Waals surface area contributed by atoms with E-state index in [1.54, 1.807) is 19.2 Å². The summed E-state index contributed by atoms with van der Waals surface area (Å²) >= 11 is 0. The van der Waals surface area contributed by atoms with Gasteiger partial charge in [0, 0.05) is 6.07 Å². The smallest absolute Gasteiger partial charge is 0.325 e. The molecule has 0 spiro atoms. The van der Waals surface area contributed by atoms with Crippen LogP contribution >= 0.6 is 0 Å². The van der Waals surface area contributed by atoms with Gasteiger partial charge in [0.15, 0.2) is 17.2 Å². The summed E-state index contributed by atoms with van der Waals surface area (Å²) in [5, 5.41) is 13.4. The molecule has 152 valence electrons. The molecule has 4 aromatic rings. The van der Waals surface area contributed by atoms with Crippen LogP contribution in [0, 0.1) is 0 Å². The van der Waals surface area contributed by atoms with Gasteiger partial charge in [-0.3, -0.25) is 9.48 Å². The van der Waals surface area contributed by atoms with Crippen molar-refractivity contribution in [2.75, 3.05) is 7.11 Å². The van der Waals surface area contributed by atoms with Crippen LogP contribution in [0.3, 0.4) is 0 Å². The van der Waals surface area contributed by atoms with Crippen molar-refractivity contribution in [1.82, 2.24) is 19.7 Å². The first kappa shape index (κ1) is 19.2. The molecule has 0 aliphatic carbocycles. The van der Waals surface area contributed by atoms with Crippen LogP contribution in [-0.4, -0.2) is 37.9 Å². The third-order valence-electron chi connectivity index (χ3n) is 4.24. The van der Waals surface area contributed by atoms with Gasteiger partial charge in [0.2, 0.25) is 5.88 Å². The SMILES string of the molecule is COc1cc2c(Oc3cnn(CC(=O)O)c3)ncnc2cc1OCc1ccccc1. The number of carbonyl (C=O) groups is 1. The predicted octanol–water partition coefficient (Wildman–Crippen LogP) is 3.29. The van der Waals surface area contributed by atoms with E-state index >= 15 is 0 Å². The number of carboxylic acids is 1. The number of methoxy groups -OCH3 is 1. The maximum absolute atomic E-state index is 10.8. The number of benzene rings is 2. The Morgan fingerprint density at radius 2 is 1.97 bits per heavy atom. The Morgan fingerprint density at radius 3 is 2.73 bits per heavy atom. The van der Waals surface area contributed by atoms with Crippen molar-refractivity contribution in [2.24, 2.45) is 0 Å². The maximum Gasteiger partial charge on any atom is 0.325 e. The highest BCUT2D eigenvalue weighted by Gasteiger charge is 2.14. The molecule has 4 rings (SSSR count). The van der Waals surface area contributed by atoms with Crippen LogP contribution in [0.5, 0.6) is 23.1 Å². The molecule has 0 aliphatic rings. The van der Waals surface area contributed by atoms with Crippen LogP contribution < -0.4 is 14.2 Å². The van der Waals surface area contributed by atoms with Gasteiger partial charge in [-0.25, -0.2) is 9.97 Å². The lowest BCUT2D eigenvalue weighted by Gasteiger charge is -2.13. The minimum absolute atomic E-state index is 0.260. The summed E-state index contributed by atoms with van der Waals surface area (Å²) in [5.41, 5.74) is 1.64. The van der Waals surface area contributed by atoms with Crippen LogP contribution in [0.15, 0.2) is 61.2 Å². The molecule has 2 aromatic heterocycles. The van der Waals surface area contributed by atoms with Gasteiger partial charge in [-0.15, -0.1) is 0 Å². The first-order valence-electron chi connectivity index (χ1n) is 9.04. The number of hydrogen-bond acceptors (Lipinski definition) is 7. The Bertz CT molecular complexity index is 1180. The molecule has 0 radical (unpaired) electrons. The number of hydrogen-bond donors (Lipinski definition) is 1. The number of ether oxygens (including phenoxy) is 3. The van der Waals surface area contributed by atoms with E-state index in [1.807, 2.05) is 30.3 Å². The summed E-state index contributed by atoms with van der Waals surface area (Å²) in [6.07, 6.45) is 4.29. The van der Waals surface area contributed by atoms with Crippen molar-refractivity contribution in [1.29, 1.82) is 0 Å². The highest BCUT2D eigenvalue weighted by atomic mass is 16.5. The molecule has 0 unspecified atom stereocenters. The first-order chi connectivity index (χ1) is 14.6. The van der Waals surface area contributed by atoms with Crippen molar-refractivity contribution < 1.29 is 24.1 Å². The molecule has 0 aliphatic heterocycles. The van der Waals surface area contributed by atoms with Crippen molar-refractivity contribution in [2.45, 2.75) is 13.2 Å². The molecule has 1 N–H and O–H groups in total. The molecular weight excluding hydrogens is 388 g/mol. The molecule has 2 heterocycles.